The van der Waals surface area contributed by atoms with Crippen LogP contribution in [0.3, 0.4) is 0 Å². The fraction of sp³-hybridized carbons (Fsp3) is 0.455. The number of pyridine rings is 1. The maximum atomic E-state index is 12.0. The second-order valence-electron chi connectivity index (χ2n) is 7.31. The molecule has 1 saturated heterocycles. The van der Waals surface area contributed by atoms with E-state index < -0.39 is 0 Å². The summed E-state index contributed by atoms with van der Waals surface area (Å²) in [7, 11) is 2.13. The van der Waals surface area contributed by atoms with E-state index in [2.05, 4.69) is 42.1 Å². The van der Waals surface area contributed by atoms with Gasteiger partial charge in [0, 0.05) is 44.0 Å². The van der Waals surface area contributed by atoms with E-state index in [-0.39, 0.29) is 12.5 Å². The third kappa shape index (κ3) is 5.79. The summed E-state index contributed by atoms with van der Waals surface area (Å²) in [6.07, 6.45) is 4.98. The summed E-state index contributed by atoms with van der Waals surface area (Å²) < 4.78 is 5.65. The van der Waals surface area contributed by atoms with Crippen molar-refractivity contribution in [2.75, 3.05) is 26.7 Å². The molecule has 0 unspecified atom stereocenters. The van der Waals surface area contributed by atoms with E-state index in [0.29, 0.717) is 6.04 Å². The van der Waals surface area contributed by atoms with Gasteiger partial charge in [-0.1, -0.05) is 18.2 Å². The Labute approximate surface area is 162 Å². The molecular weight excluding hydrogens is 338 g/mol. The lowest BCUT2D eigenvalue weighted by Crippen LogP contribution is -2.32. The van der Waals surface area contributed by atoms with Crippen LogP contribution in [0.2, 0.25) is 0 Å². The Morgan fingerprint density at radius 2 is 1.93 bits per heavy atom. The molecular formula is C22H29N3O2. The number of aromatic nitrogens is 1. The topological polar surface area (TPSA) is 45.7 Å². The molecule has 0 N–H and O–H groups in total. The molecule has 2 aromatic rings. The van der Waals surface area contributed by atoms with Gasteiger partial charge in [0.15, 0.2) is 6.61 Å². The van der Waals surface area contributed by atoms with Crippen LogP contribution in [0.15, 0.2) is 48.7 Å². The third-order valence-corrected chi connectivity index (χ3v) is 5.16. The molecule has 5 nitrogen and oxygen atoms in total. The molecule has 1 fully saturated rings. The van der Waals surface area contributed by atoms with Crippen LogP contribution in [0, 0.1) is 0 Å². The molecule has 1 aliphatic rings. The van der Waals surface area contributed by atoms with Gasteiger partial charge in [-0.2, -0.15) is 0 Å². The van der Waals surface area contributed by atoms with Crippen LogP contribution in [0.4, 0.5) is 0 Å². The fourth-order valence-corrected chi connectivity index (χ4v) is 3.32. The van der Waals surface area contributed by atoms with Gasteiger partial charge in [-0.25, -0.2) is 0 Å². The number of carbonyl (C=O) groups is 1. The minimum absolute atomic E-state index is 0.0830. The molecule has 144 valence electrons. The first-order valence-corrected chi connectivity index (χ1v) is 9.71. The van der Waals surface area contributed by atoms with Crippen molar-refractivity contribution < 1.29 is 9.53 Å². The Morgan fingerprint density at radius 1 is 1.19 bits per heavy atom. The number of nitrogens with zero attached hydrogens (tertiary/aromatic N) is 3. The average Bonchev–Trinajstić information content (AvgIpc) is 3.23. The maximum Gasteiger partial charge on any atom is 0.260 e. The normalized spacial score (nSPS) is 15.1. The summed E-state index contributed by atoms with van der Waals surface area (Å²) in [5.74, 6) is 0.829. The van der Waals surface area contributed by atoms with Crippen molar-refractivity contribution in [3.8, 4) is 5.75 Å². The first-order chi connectivity index (χ1) is 13.1. The van der Waals surface area contributed by atoms with Crippen LogP contribution in [0.5, 0.6) is 5.75 Å². The van der Waals surface area contributed by atoms with Crippen molar-refractivity contribution in [2.24, 2.45) is 0 Å². The van der Waals surface area contributed by atoms with E-state index in [4.69, 9.17) is 4.74 Å². The third-order valence-electron chi connectivity index (χ3n) is 5.16. The van der Waals surface area contributed by atoms with Crippen LogP contribution >= 0.6 is 0 Å². The summed E-state index contributed by atoms with van der Waals surface area (Å²) in [4.78, 5) is 20.7. The maximum absolute atomic E-state index is 12.0. The largest absolute Gasteiger partial charge is 0.484 e. The first-order valence-electron chi connectivity index (χ1n) is 9.71. The van der Waals surface area contributed by atoms with Crippen molar-refractivity contribution in [1.29, 1.82) is 0 Å². The monoisotopic (exact) mass is 367 g/mol. The molecule has 1 amide bonds. The summed E-state index contributed by atoms with van der Waals surface area (Å²) in [5, 5.41) is 0. The van der Waals surface area contributed by atoms with Gasteiger partial charge in [-0.15, -0.1) is 0 Å². The number of likely N-dealkylation sites (tertiary alicyclic amines) is 1. The zero-order valence-electron chi connectivity index (χ0n) is 16.3. The van der Waals surface area contributed by atoms with Crippen LogP contribution in [0.25, 0.3) is 0 Å². The highest BCUT2D eigenvalue weighted by Crippen LogP contribution is 2.16. The Balaban J connectivity index is 1.45. The number of benzene rings is 1. The van der Waals surface area contributed by atoms with E-state index in [1.807, 2.05) is 35.4 Å². The van der Waals surface area contributed by atoms with Gasteiger partial charge in [0.1, 0.15) is 5.75 Å². The zero-order valence-corrected chi connectivity index (χ0v) is 16.3. The lowest BCUT2D eigenvalue weighted by Gasteiger charge is -2.24. The van der Waals surface area contributed by atoms with Gasteiger partial charge in [-0.05, 0) is 56.6 Å². The van der Waals surface area contributed by atoms with Crippen LogP contribution in [0.1, 0.15) is 31.0 Å². The van der Waals surface area contributed by atoms with E-state index in [1.54, 1.807) is 0 Å². The Morgan fingerprint density at radius 3 is 2.59 bits per heavy atom. The molecule has 3 rings (SSSR count). The molecule has 1 atom stereocenters. The quantitative estimate of drug-likeness (QED) is 0.719. The second-order valence-corrected chi connectivity index (χ2v) is 7.31. The summed E-state index contributed by atoms with van der Waals surface area (Å²) in [6, 6.07) is 14.5. The molecule has 27 heavy (non-hydrogen) atoms. The van der Waals surface area contributed by atoms with Crippen molar-refractivity contribution >= 4 is 5.91 Å². The molecule has 5 heteroatoms. The summed E-state index contributed by atoms with van der Waals surface area (Å²) in [6.45, 7) is 4.94. The molecule has 1 aromatic heterocycles. The van der Waals surface area contributed by atoms with E-state index in [1.165, 1.54) is 5.56 Å². The number of amides is 1. The molecule has 0 spiro atoms. The number of ether oxygens (including phenoxy) is 1. The van der Waals surface area contributed by atoms with Gasteiger partial charge in [0.25, 0.3) is 5.91 Å². The summed E-state index contributed by atoms with van der Waals surface area (Å²) in [5.41, 5.74) is 2.34. The molecule has 0 saturated carbocycles. The standard InChI is InChI=1S/C22H29N3O2/c1-18(15-20-7-3-4-12-23-20)24(2)16-19-8-10-21(11-9-19)27-17-22(26)25-13-5-6-14-25/h3-4,7-12,18H,5-6,13-17H2,1-2H3/t18-/m1/s1. The minimum atomic E-state index is 0.0830. The number of carbonyl (C=O) groups excluding carboxylic acids is 1. The molecule has 0 bridgehead atoms. The first kappa shape index (κ1) is 19.4. The van der Waals surface area contributed by atoms with Crippen LogP contribution < -0.4 is 4.74 Å². The van der Waals surface area contributed by atoms with Crippen LogP contribution in [-0.4, -0.2) is 53.5 Å². The highest BCUT2D eigenvalue weighted by Gasteiger charge is 2.18. The summed E-state index contributed by atoms with van der Waals surface area (Å²) >= 11 is 0. The van der Waals surface area contributed by atoms with E-state index in [9.17, 15) is 4.79 Å². The predicted molar refractivity (Wildman–Crippen MR) is 107 cm³/mol. The van der Waals surface area contributed by atoms with Crippen molar-refractivity contribution in [1.82, 2.24) is 14.8 Å². The highest BCUT2D eigenvalue weighted by atomic mass is 16.5. The molecule has 2 heterocycles. The van der Waals surface area contributed by atoms with Gasteiger partial charge in [-0.3, -0.25) is 14.7 Å². The molecule has 0 radical (unpaired) electrons. The van der Waals surface area contributed by atoms with Gasteiger partial charge >= 0.3 is 0 Å². The van der Waals surface area contributed by atoms with Gasteiger partial charge < -0.3 is 9.64 Å². The predicted octanol–water partition coefficient (Wildman–Crippen LogP) is 3.15. The number of hydrogen-bond donors (Lipinski definition) is 0. The number of likely N-dealkylation sites (N-methyl/N-ethyl adjacent to an activating group) is 1. The van der Waals surface area contributed by atoms with E-state index >= 15 is 0 Å². The average molecular weight is 367 g/mol. The number of rotatable bonds is 8. The lowest BCUT2D eigenvalue weighted by atomic mass is 10.1. The van der Waals surface area contributed by atoms with Gasteiger partial charge in [0.05, 0.1) is 0 Å². The van der Waals surface area contributed by atoms with Crippen molar-refractivity contribution in [2.45, 2.75) is 38.8 Å². The Bertz CT molecular complexity index is 712. The Kier molecular flexibility index (Phi) is 6.82. The lowest BCUT2D eigenvalue weighted by molar-refractivity contribution is -0.132. The fourth-order valence-electron chi connectivity index (χ4n) is 3.32. The second kappa shape index (κ2) is 9.51. The number of hydrogen-bond acceptors (Lipinski definition) is 4. The SMILES string of the molecule is C[C@H](Cc1ccccn1)N(C)Cc1ccc(OCC(=O)N2CCCC2)cc1. The molecule has 0 aliphatic carbocycles. The minimum Gasteiger partial charge on any atom is -0.484 e. The van der Waals surface area contributed by atoms with E-state index in [0.717, 1.165) is 50.3 Å². The van der Waals surface area contributed by atoms with Crippen LogP contribution in [-0.2, 0) is 17.8 Å². The van der Waals surface area contributed by atoms with Crippen molar-refractivity contribution in [3.63, 3.8) is 0 Å². The molecule has 1 aliphatic heterocycles. The highest BCUT2D eigenvalue weighted by molar-refractivity contribution is 5.78. The van der Waals surface area contributed by atoms with Crippen molar-refractivity contribution in [3.05, 3.63) is 59.9 Å². The smallest absolute Gasteiger partial charge is 0.260 e. The van der Waals surface area contributed by atoms with Gasteiger partial charge in [0.2, 0.25) is 0 Å². The molecule has 1 aromatic carbocycles. The zero-order chi connectivity index (χ0) is 19.1. The Hall–Kier alpha value is -2.40.